The first-order valence-corrected chi connectivity index (χ1v) is 7.86. The molecule has 2 nitrogen and oxygen atoms in total. The van der Waals surface area contributed by atoms with Crippen LogP contribution >= 0.6 is 15.9 Å². The number of hydrogen-bond donors (Lipinski definition) is 0. The summed E-state index contributed by atoms with van der Waals surface area (Å²) in [6.45, 7) is 4.58. The Hall–Kier alpha value is -0.880. The summed E-state index contributed by atoms with van der Waals surface area (Å²) in [7, 11) is 0. The van der Waals surface area contributed by atoms with Crippen LogP contribution in [0.3, 0.4) is 0 Å². The maximum Gasteiger partial charge on any atom is 0.0693 e. The third kappa shape index (κ3) is 3.57. The molecule has 1 aromatic heterocycles. The van der Waals surface area contributed by atoms with E-state index in [1.807, 2.05) is 18.3 Å². The zero-order valence-electron chi connectivity index (χ0n) is 11.7. The lowest BCUT2D eigenvalue weighted by molar-refractivity contribution is 0.174. The molecule has 102 valence electrons. The molecule has 0 aliphatic heterocycles. The van der Waals surface area contributed by atoms with Crippen molar-refractivity contribution in [3.8, 4) is 6.07 Å². The van der Waals surface area contributed by atoms with E-state index in [2.05, 4.69) is 40.8 Å². The molecule has 1 aliphatic rings. The van der Waals surface area contributed by atoms with Gasteiger partial charge in [-0.05, 0) is 65.6 Å². The minimum absolute atomic E-state index is 0.188. The highest BCUT2D eigenvalue weighted by molar-refractivity contribution is 9.10. The summed E-state index contributed by atoms with van der Waals surface area (Å²) in [6.07, 6.45) is 7.01. The van der Waals surface area contributed by atoms with Gasteiger partial charge in [0.05, 0.1) is 11.5 Å². The number of rotatable bonds is 3. The predicted octanol–water partition coefficient (Wildman–Crippen LogP) is 4.74. The third-order valence-corrected chi connectivity index (χ3v) is 4.94. The van der Waals surface area contributed by atoms with Gasteiger partial charge < -0.3 is 0 Å². The monoisotopic (exact) mass is 320 g/mol. The summed E-state index contributed by atoms with van der Waals surface area (Å²) in [4.78, 5) is 4.42. The molecule has 1 aliphatic carbocycles. The lowest BCUT2D eigenvalue weighted by Crippen LogP contribution is -2.30. The smallest absolute Gasteiger partial charge is 0.0693 e. The molecule has 1 saturated carbocycles. The highest BCUT2D eigenvalue weighted by Crippen LogP contribution is 2.42. The van der Waals surface area contributed by atoms with Crippen molar-refractivity contribution in [3.63, 3.8) is 0 Å². The minimum Gasteiger partial charge on any atom is -0.260 e. The van der Waals surface area contributed by atoms with E-state index in [0.29, 0.717) is 0 Å². The minimum atomic E-state index is -0.188. The van der Waals surface area contributed by atoms with Crippen molar-refractivity contribution in [2.45, 2.75) is 46.0 Å². The van der Waals surface area contributed by atoms with Gasteiger partial charge in [-0.3, -0.25) is 4.98 Å². The van der Waals surface area contributed by atoms with Crippen molar-refractivity contribution in [1.29, 1.82) is 5.26 Å². The Morgan fingerprint density at radius 3 is 2.58 bits per heavy atom. The number of aromatic nitrogens is 1. The van der Waals surface area contributed by atoms with Crippen molar-refractivity contribution in [2.75, 3.05) is 0 Å². The molecule has 3 heteroatoms. The van der Waals surface area contributed by atoms with Crippen LogP contribution in [0.4, 0.5) is 0 Å². The first-order valence-electron chi connectivity index (χ1n) is 7.06. The molecule has 1 fully saturated rings. The summed E-state index contributed by atoms with van der Waals surface area (Å²) >= 11 is 3.40. The number of hydrogen-bond acceptors (Lipinski definition) is 2. The molecule has 1 heterocycles. The molecule has 0 N–H and O–H groups in total. The highest BCUT2D eigenvalue weighted by Gasteiger charge is 2.36. The van der Waals surface area contributed by atoms with Gasteiger partial charge in [-0.1, -0.05) is 13.8 Å². The third-order valence-electron chi connectivity index (χ3n) is 4.48. The van der Waals surface area contributed by atoms with Crippen molar-refractivity contribution in [2.24, 2.45) is 17.3 Å². The van der Waals surface area contributed by atoms with E-state index >= 15 is 0 Å². The Balaban J connectivity index is 2.05. The zero-order valence-corrected chi connectivity index (χ0v) is 13.3. The number of nitriles is 1. The van der Waals surface area contributed by atoms with Crippen LogP contribution in [-0.4, -0.2) is 4.98 Å². The summed E-state index contributed by atoms with van der Waals surface area (Å²) < 4.78 is 0.991. The van der Waals surface area contributed by atoms with Crippen molar-refractivity contribution < 1.29 is 0 Å². The molecule has 19 heavy (non-hydrogen) atoms. The van der Waals surface area contributed by atoms with E-state index < -0.39 is 0 Å². The van der Waals surface area contributed by atoms with E-state index in [-0.39, 0.29) is 5.41 Å². The number of halogens is 1. The van der Waals surface area contributed by atoms with Gasteiger partial charge in [0, 0.05) is 22.8 Å². The van der Waals surface area contributed by atoms with E-state index in [0.717, 1.165) is 41.3 Å². The van der Waals surface area contributed by atoms with Gasteiger partial charge in [-0.15, -0.1) is 0 Å². The summed E-state index contributed by atoms with van der Waals surface area (Å²) in [5.41, 5.74) is 0.847. The van der Waals surface area contributed by atoms with E-state index in [4.69, 9.17) is 0 Å². The maximum atomic E-state index is 9.60. The number of pyridine rings is 1. The largest absolute Gasteiger partial charge is 0.260 e. The quantitative estimate of drug-likeness (QED) is 0.806. The molecule has 0 aromatic carbocycles. The van der Waals surface area contributed by atoms with Crippen LogP contribution in [0.25, 0.3) is 0 Å². The molecule has 0 amide bonds. The van der Waals surface area contributed by atoms with Gasteiger partial charge in [0.1, 0.15) is 0 Å². The average Bonchev–Trinajstić information content (AvgIpc) is 2.42. The fraction of sp³-hybridized carbons (Fsp3) is 0.625. The van der Waals surface area contributed by atoms with Gasteiger partial charge in [-0.2, -0.15) is 5.26 Å². The summed E-state index contributed by atoms with van der Waals surface area (Å²) in [6, 6.07) is 6.62. The molecule has 2 rings (SSSR count). The lowest BCUT2D eigenvalue weighted by Gasteiger charge is -2.36. The van der Waals surface area contributed by atoms with Crippen molar-refractivity contribution in [1.82, 2.24) is 4.98 Å². The average molecular weight is 321 g/mol. The van der Waals surface area contributed by atoms with Gasteiger partial charge >= 0.3 is 0 Å². The molecular formula is C16H21BrN2. The van der Waals surface area contributed by atoms with Crippen molar-refractivity contribution in [3.05, 3.63) is 28.5 Å². The Morgan fingerprint density at radius 2 is 2.11 bits per heavy atom. The van der Waals surface area contributed by atoms with E-state index in [1.54, 1.807) is 0 Å². The second-order valence-corrected chi connectivity index (χ2v) is 7.03. The van der Waals surface area contributed by atoms with Crippen molar-refractivity contribution >= 4 is 15.9 Å². The molecule has 0 atom stereocenters. The Bertz CT molecular complexity index is 451. The van der Waals surface area contributed by atoms with Gasteiger partial charge in [-0.25, -0.2) is 0 Å². The molecule has 1 aromatic rings. The topological polar surface area (TPSA) is 36.7 Å². The van der Waals surface area contributed by atoms with Crippen LogP contribution < -0.4 is 0 Å². The lowest BCUT2D eigenvalue weighted by atomic mass is 9.67. The SMILES string of the molecule is CC(C)C1CCC(C#N)(Cc2ccc(Br)cn2)CC1. The fourth-order valence-electron chi connectivity index (χ4n) is 3.05. The van der Waals surface area contributed by atoms with Crippen LogP contribution in [0.1, 0.15) is 45.2 Å². The second kappa shape index (κ2) is 6.05. The van der Waals surface area contributed by atoms with Gasteiger partial charge in [0.15, 0.2) is 0 Å². The molecule has 0 spiro atoms. The first-order chi connectivity index (χ1) is 9.04. The second-order valence-electron chi connectivity index (χ2n) is 6.12. The maximum absolute atomic E-state index is 9.60. The van der Waals surface area contributed by atoms with Crippen LogP contribution in [0.15, 0.2) is 22.8 Å². The van der Waals surface area contributed by atoms with Gasteiger partial charge in [0.25, 0.3) is 0 Å². The fourth-order valence-corrected chi connectivity index (χ4v) is 3.28. The summed E-state index contributed by atoms with van der Waals surface area (Å²) in [5, 5.41) is 9.60. The molecule has 0 bridgehead atoms. The number of nitrogens with zero attached hydrogens (tertiary/aromatic N) is 2. The van der Waals surface area contributed by atoms with Crippen LogP contribution in [0, 0.1) is 28.6 Å². The molecule has 0 unspecified atom stereocenters. The van der Waals surface area contributed by atoms with E-state index in [1.165, 1.54) is 12.8 Å². The predicted molar refractivity (Wildman–Crippen MR) is 80.5 cm³/mol. The Morgan fingerprint density at radius 1 is 1.42 bits per heavy atom. The zero-order chi connectivity index (χ0) is 13.9. The van der Waals surface area contributed by atoms with Gasteiger partial charge in [0.2, 0.25) is 0 Å². The Labute approximate surface area is 124 Å². The highest BCUT2D eigenvalue weighted by atomic mass is 79.9. The van der Waals surface area contributed by atoms with E-state index in [9.17, 15) is 5.26 Å². The standard InChI is InChI=1S/C16H21BrN2/c1-12(2)13-5-7-16(11-18,8-6-13)9-15-4-3-14(17)10-19-15/h3-4,10,12-13H,5-9H2,1-2H3. The normalized spacial score (nSPS) is 27.2. The first kappa shape index (κ1) is 14.5. The molecule has 0 radical (unpaired) electrons. The van der Waals surface area contributed by atoms with Crippen LogP contribution in [-0.2, 0) is 6.42 Å². The van der Waals surface area contributed by atoms with Crippen LogP contribution in [0.5, 0.6) is 0 Å². The van der Waals surface area contributed by atoms with Crippen LogP contribution in [0.2, 0.25) is 0 Å². The molecular weight excluding hydrogens is 300 g/mol. The molecule has 0 saturated heterocycles. The summed E-state index contributed by atoms with van der Waals surface area (Å²) in [5.74, 6) is 1.53. The Kier molecular flexibility index (Phi) is 4.62.